The standard InChI is InChI=1S/C17H25N3O4/c1-5-24-17(23)14-11(2)15(18-12(14)3)16(22)20-8-6-7-19(9-10-20)13(4)21/h18H,5-10H2,1-4H3. The van der Waals surface area contributed by atoms with Gasteiger partial charge < -0.3 is 19.5 Å². The highest BCUT2D eigenvalue weighted by molar-refractivity contribution is 6.00. The van der Waals surface area contributed by atoms with E-state index in [0.29, 0.717) is 55.3 Å². The summed E-state index contributed by atoms with van der Waals surface area (Å²) in [4.78, 5) is 42.9. The monoisotopic (exact) mass is 335 g/mol. The van der Waals surface area contributed by atoms with Crippen molar-refractivity contribution >= 4 is 17.8 Å². The molecule has 1 aromatic rings. The summed E-state index contributed by atoms with van der Waals surface area (Å²) < 4.78 is 5.06. The number of ether oxygens (including phenoxy) is 1. The van der Waals surface area contributed by atoms with Gasteiger partial charge in [0.15, 0.2) is 0 Å². The highest BCUT2D eigenvalue weighted by Gasteiger charge is 2.27. The maximum absolute atomic E-state index is 12.8. The summed E-state index contributed by atoms with van der Waals surface area (Å²) in [5, 5.41) is 0. The molecule has 0 bridgehead atoms. The minimum atomic E-state index is -0.415. The van der Waals surface area contributed by atoms with Crippen LogP contribution >= 0.6 is 0 Å². The Morgan fingerprint density at radius 3 is 2.33 bits per heavy atom. The van der Waals surface area contributed by atoms with Crippen molar-refractivity contribution in [1.29, 1.82) is 0 Å². The maximum Gasteiger partial charge on any atom is 0.340 e. The van der Waals surface area contributed by atoms with Gasteiger partial charge in [-0.2, -0.15) is 0 Å². The number of aryl methyl sites for hydroxylation is 1. The normalized spacial score (nSPS) is 15.2. The fraction of sp³-hybridized carbons (Fsp3) is 0.588. The van der Waals surface area contributed by atoms with Crippen LogP contribution in [0.25, 0.3) is 0 Å². The number of aromatic amines is 1. The molecule has 2 rings (SSSR count). The number of hydrogen-bond donors (Lipinski definition) is 1. The minimum Gasteiger partial charge on any atom is -0.462 e. The molecule has 0 saturated carbocycles. The second kappa shape index (κ2) is 7.51. The lowest BCUT2D eigenvalue weighted by Crippen LogP contribution is -2.36. The van der Waals surface area contributed by atoms with E-state index >= 15 is 0 Å². The predicted molar refractivity (Wildman–Crippen MR) is 89.0 cm³/mol. The molecule has 0 spiro atoms. The van der Waals surface area contributed by atoms with Crippen LogP contribution in [0.1, 0.15) is 52.4 Å². The van der Waals surface area contributed by atoms with E-state index in [1.54, 1.807) is 37.5 Å². The van der Waals surface area contributed by atoms with E-state index in [9.17, 15) is 14.4 Å². The summed E-state index contributed by atoms with van der Waals surface area (Å²) in [6, 6.07) is 0. The zero-order chi connectivity index (χ0) is 17.9. The van der Waals surface area contributed by atoms with Gasteiger partial charge in [-0.05, 0) is 32.8 Å². The molecule has 132 valence electrons. The smallest absolute Gasteiger partial charge is 0.340 e. The molecule has 0 radical (unpaired) electrons. The maximum atomic E-state index is 12.8. The first kappa shape index (κ1) is 18.0. The van der Waals surface area contributed by atoms with E-state index in [0.717, 1.165) is 6.42 Å². The Balaban J connectivity index is 2.19. The Bertz CT molecular complexity index is 651. The van der Waals surface area contributed by atoms with Crippen molar-refractivity contribution in [3.63, 3.8) is 0 Å². The second-order valence-corrected chi connectivity index (χ2v) is 6.00. The summed E-state index contributed by atoms with van der Waals surface area (Å²) in [7, 11) is 0. The predicted octanol–water partition coefficient (Wildman–Crippen LogP) is 1.50. The first-order valence-corrected chi connectivity index (χ1v) is 8.27. The third-order valence-electron chi connectivity index (χ3n) is 4.36. The Labute approximate surface area is 141 Å². The van der Waals surface area contributed by atoms with E-state index in [1.807, 2.05) is 0 Å². The lowest BCUT2D eigenvalue weighted by molar-refractivity contribution is -0.128. The van der Waals surface area contributed by atoms with Gasteiger partial charge in [-0.15, -0.1) is 0 Å². The molecule has 1 aliphatic rings. The van der Waals surface area contributed by atoms with Gasteiger partial charge >= 0.3 is 5.97 Å². The Morgan fingerprint density at radius 2 is 1.71 bits per heavy atom. The van der Waals surface area contributed by atoms with Gasteiger partial charge in [0.25, 0.3) is 5.91 Å². The van der Waals surface area contributed by atoms with Crippen LogP contribution in [-0.2, 0) is 9.53 Å². The molecule has 24 heavy (non-hydrogen) atoms. The summed E-state index contributed by atoms with van der Waals surface area (Å²) in [6.07, 6.45) is 0.745. The van der Waals surface area contributed by atoms with Gasteiger partial charge in [0.05, 0.1) is 12.2 Å². The molecule has 1 fully saturated rings. The molecular weight excluding hydrogens is 310 g/mol. The number of carbonyl (C=O) groups excluding carboxylic acids is 3. The Morgan fingerprint density at radius 1 is 1.08 bits per heavy atom. The zero-order valence-electron chi connectivity index (χ0n) is 14.8. The molecule has 1 N–H and O–H groups in total. The molecule has 0 aromatic carbocycles. The van der Waals surface area contributed by atoms with Gasteiger partial charge in [-0.1, -0.05) is 0 Å². The lowest BCUT2D eigenvalue weighted by Gasteiger charge is -2.21. The van der Waals surface area contributed by atoms with E-state index in [2.05, 4.69) is 4.98 Å². The van der Waals surface area contributed by atoms with Crippen LogP contribution in [0, 0.1) is 13.8 Å². The van der Waals surface area contributed by atoms with E-state index in [4.69, 9.17) is 4.74 Å². The van der Waals surface area contributed by atoms with Crippen LogP contribution in [0.5, 0.6) is 0 Å². The summed E-state index contributed by atoms with van der Waals surface area (Å²) >= 11 is 0. The third-order valence-corrected chi connectivity index (χ3v) is 4.36. The van der Waals surface area contributed by atoms with Crippen LogP contribution in [0.3, 0.4) is 0 Å². The van der Waals surface area contributed by atoms with Crippen molar-refractivity contribution in [2.24, 2.45) is 0 Å². The molecule has 1 aromatic heterocycles. The SMILES string of the molecule is CCOC(=O)c1c(C)[nH]c(C(=O)N2CCCN(C(C)=O)CC2)c1C. The van der Waals surface area contributed by atoms with Crippen molar-refractivity contribution in [2.75, 3.05) is 32.8 Å². The number of amides is 2. The van der Waals surface area contributed by atoms with Crippen molar-refractivity contribution in [3.8, 4) is 0 Å². The molecule has 1 aliphatic heterocycles. The molecule has 0 aliphatic carbocycles. The Kier molecular flexibility index (Phi) is 5.64. The van der Waals surface area contributed by atoms with Crippen molar-refractivity contribution in [2.45, 2.75) is 34.1 Å². The molecule has 7 nitrogen and oxygen atoms in total. The van der Waals surface area contributed by atoms with Crippen molar-refractivity contribution in [1.82, 2.24) is 14.8 Å². The number of carbonyl (C=O) groups is 3. The highest BCUT2D eigenvalue weighted by atomic mass is 16.5. The van der Waals surface area contributed by atoms with Crippen LogP contribution in [0.15, 0.2) is 0 Å². The van der Waals surface area contributed by atoms with Crippen molar-refractivity contribution in [3.05, 3.63) is 22.5 Å². The van der Waals surface area contributed by atoms with Crippen molar-refractivity contribution < 1.29 is 19.1 Å². The zero-order valence-corrected chi connectivity index (χ0v) is 14.8. The quantitative estimate of drug-likeness (QED) is 0.849. The highest BCUT2D eigenvalue weighted by Crippen LogP contribution is 2.21. The molecule has 2 amide bonds. The van der Waals surface area contributed by atoms with Crippen LogP contribution in [-0.4, -0.2) is 65.4 Å². The number of aromatic nitrogens is 1. The van der Waals surface area contributed by atoms with Crippen LogP contribution in [0.2, 0.25) is 0 Å². The van der Waals surface area contributed by atoms with E-state index < -0.39 is 5.97 Å². The molecule has 1 saturated heterocycles. The minimum absolute atomic E-state index is 0.0285. The number of nitrogens with one attached hydrogen (secondary N) is 1. The fourth-order valence-corrected chi connectivity index (χ4v) is 3.07. The summed E-state index contributed by atoms with van der Waals surface area (Å²) in [6.45, 7) is 9.37. The van der Waals surface area contributed by atoms with E-state index in [1.165, 1.54) is 0 Å². The average Bonchev–Trinajstić information content (AvgIpc) is 2.71. The summed E-state index contributed by atoms with van der Waals surface area (Å²) in [5.74, 6) is -0.529. The molecule has 7 heteroatoms. The molecule has 0 atom stereocenters. The van der Waals surface area contributed by atoms with Gasteiger partial charge in [-0.3, -0.25) is 9.59 Å². The largest absolute Gasteiger partial charge is 0.462 e. The summed E-state index contributed by atoms with van der Waals surface area (Å²) in [5.41, 5.74) is 2.10. The van der Waals surface area contributed by atoms with Crippen LogP contribution < -0.4 is 0 Å². The first-order chi connectivity index (χ1) is 11.4. The number of hydrogen-bond acceptors (Lipinski definition) is 4. The first-order valence-electron chi connectivity index (χ1n) is 8.27. The van der Waals surface area contributed by atoms with Gasteiger partial charge in [0.2, 0.25) is 5.91 Å². The Hall–Kier alpha value is -2.31. The molecule has 0 unspecified atom stereocenters. The number of rotatable bonds is 3. The van der Waals surface area contributed by atoms with Gasteiger partial charge in [-0.25, -0.2) is 4.79 Å². The van der Waals surface area contributed by atoms with Gasteiger partial charge in [0.1, 0.15) is 5.69 Å². The lowest BCUT2D eigenvalue weighted by atomic mass is 10.1. The average molecular weight is 335 g/mol. The van der Waals surface area contributed by atoms with E-state index in [-0.39, 0.29) is 11.8 Å². The topological polar surface area (TPSA) is 82.7 Å². The van der Waals surface area contributed by atoms with Gasteiger partial charge in [0, 0.05) is 38.8 Å². The molecule has 2 heterocycles. The third kappa shape index (κ3) is 3.60. The fourth-order valence-electron chi connectivity index (χ4n) is 3.07. The van der Waals surface area contributed by atoms with Crippen LogP contribution in [0.4, 0.5) is 0 Å². The second-order valence-electron chi connectivity index (χ2n) is 6.00. The number of nitrogens with zero attached hydrogens (tertiary/aromatic N) is 2. The number of esters is 1. The molecular formula is C17H25N3O4. The number of H-pyrrole nitrogens is 1.